The number of amides is 2. The van der Waals surface area contributed by atoms with Gasteiger partial charge < -0.3 is 15.0 Å². The number of hydrogen-bond donors (Lipinski definition) is 1. The fourth-order valence-corrected chi connectivity index (χ4v) is 4.09. The number of halogens is 1. The van der Waals surface area contributed by atoms with E-state index in [2.05, 4.69) is 10.3 Å². The average molecular weight is 464 g/mol. The number of piperidine rings is 1. The van der Waals surface area contributed by atoms with Gasteiger partial charge in [-0.3, -0.25) is 14.6 Å². The van der Waals surface area contributed by atoms with Crippen molar-refractivity contribution in [1.82, 2.24) is 15.2 Å². The van der Waals surface area contributed by atoms with E-state index in [4.69, 9.17) is 16.3 Å². The first kappa shape index (κ1) is 22.8. The van der Waals surface area contributed by atoms with Crippen molar-refractivity contribution < 1.29 is 14.3 Å². The molecule has 1 N–H and O–H groups in total. The van der Waals surface area contributed by atoms with Gasteiger partial charge in [-0.05, 0) is 60.4 Å². The van der Waals surface area contributed by atoms with Gasteiger partial charge in [0.15, 0.2) is 0 Å². The molecule has 1 saturated heterocycles. The third kappa shape index (κ3) is 6.33. The molecule has 0 aliphatic carbocycles. The van der Waals surface area contributed by atoms with Gasteiger partial charge in [0.05, 0.1) is 0 Å². The van der Waals surface area contributed by atoms with E-state index < -0.39 is 0 Å². The Balaban J connectivity index is 1.27. The van der Waals surface area contributed by atoms with Crippen LogP contribution in [0, 0.1) is 5.92 Å². The van der Waals surface area contributed by atoms with Crippen molar-refractivity contribution in [1.29, 1.82) is 0 Å². The Morgan fingerprint density at radius 3 is 2.58 bits per heavy atom. The summed E-state index contributed by atoms with van der Waals surface area (Å²) in [6.07, 6.45) is 4.75. The number of nitrogens with one attached hydrogen (secondary N) is 1. The molecule has 1 aliphatic rings. The molecule has 6 nitrogen and oxygen atoms in total. The SMILES string of the molecule is O=C(NCc1cccnc1)C1CCN(C(=O)c2cccc(OCc3cccc(Cl)c3)c2)CC1. The van der Waals surface area contributed by atoms with E-state index in [0.717, 1.165) is 11.1 Å². The molecule has 0 atom stereocenters. The number of pyridine rings is 1. The summed E-state index contributed by atoms with van der Waals surface area (Å²) in [4.78, 5) is 31.4. The van der Waals surface area contributed by atoms with Crippen molar-refractivity contribution in [3.8, 4) is 5.75 Å². The zero-order chi connectivity index (χ0) is 23.0. The van der Waals surface area contributed by atoms with Gasteiger partial charge in [-0.15, -0.1) is 0 Å². The van der Waals surface area contributed by atoms with Crippen LogP contribution >= 0.6 is 11.6 Å². The van der Waals surface area contributed by atoms with Crippen molar-refractivity contribution in [2.45, 2.75) is 26.0 Å². The average Bonchev–Trinajstić information content (AvgIpc) is 2.86. The number of carbonyl (C=O) groups is 2. The lowest BCUT2D eigenvalue weighted by atomic mass is 9.95. The fourth-order valence-electron chi connectivity index (χ4n) is 3.88. The highest BCUT2D eigenvalue weighted by molar-refractivity contribution is 6.30. The molecule has 0 radical (unpaired) electrons. The van der Waals surface area contributed by atoms with Crippen molar-refractivity contribution in [2.24, 2.45) is 5.92 Å². The summed E-state index contributed by atoms with van der Waals surface area (Å²) in [6.45, 7) is 1.94. The van der Waals surface area contributed by atoms with Crippen molar-refractivity contribution in [3.05, 3.63) is 94.8 Å². The monoisotopic (exact) mass is 463 g/mol. The molecule has 1 fully saturated rings. The van der Waals surface area contributed by atoms with E-state index in [-0.39, 0.29) is 17.7 Å². The number of aromatic nitrogens is 1. The molecule has 33 heavy (non-hydrogen) atoms. The zero-order valence-corrected chi connectivity index (χ0v) is 19.0. The van der Waals surface area contributed by atoms with E-state index in [1.807, 2.05) is 48.5 Å². The second-order valence-corrected chi connectivity index (χ2v) is 8.53. The van der Waals surface area contributed by atoms with E-state index >= 15 is 0 Å². The van der Waals surface area contributed by atoms with E-state index in [9.17, 15) is 9.59 Å². The fraction of sp³-hybridized carbons (Fsp3) is 0.269. The molecule has 1 aromatic heterocycles. The number of nitrogens with zero attached hydrogens (tertiary/aromatic N) is 2. The highest BCUT2D eigenvalue weighted by atomic mass is 35.5. The van der Waals surface area contributed by atoms with E-state index in [1.54, 1.807) is 29.4 Å². The highest BCUT2D eigenvalue weighted by Crippen LogP contribution is 2.22. The number of rotatable bonds is 7. The molecule has 4 rings (SSSR count). The molecular formula is C26H26ClN3O3. The van der Waals surface area contributed by atoms with Gasteiger partial charge >= 0.3 is 0 Å². The van der Waals surface area contributed by atoms with Crippen LogP contribution in [0.3, 0.4) is 0 Å². The third-order valence-corrected chi connectivity index (χ3v) is 5.95. The summed E-state index contributed by atoms with van der Waals surface area (Å²) in [5.41, 5.74) is 2.51. The second kappa shape index (κ2) is 11.0. The Morgan fingerprint density at radius 2 is 1.82 bits per heavy atom. The number of ether oxygens (including phenoxy) is 1. The lowest BCUT2D eigenvalue weighted by molar-refractivity contribution is -0.126. The van der Waals surface area contributed by atoms with Crippen LogP contribution in [0.2, 0.25) is 5.02 Å². The Morgan fingerprint density at radius 1 is 1.03 bits per heavy atom. The molecule has 0 spiro atoms. The molecule has 170 valence electrons. The Labute approximate surface area is 198 Å². The Kier molecular flexibility index (Phi) is 7.58. The van der Waals surface area contributed by atoms with E-state index in [1.165, 1.54) is 0 Å². The standard InChI is InChI=1S/C26H26ClN3O3/c27-23-7-1-4-19(14-23)18-33-24-8-2-6-22(15-24)26(32)30-12-9-21(10-13-30)25(31)29-17-20-5-3-11-28-16-20/h1-8,11,14-16,21H,9-10,12-13,17-18H2,(H,29,31). The lowest BCUT2D eigenvalue weighted by Gasteiger charge is -2.31. The van der Waals surface area contributed by atoms with Crippen LogP contribution in [-0.2, 0) is 17.9 Å². The molecule has 3 aromatic rings. The Hall–Kier alpha value is -3.38. The normalized spacial score (nSPS) is 14.0. The minimum Gasteiger partial charge on any atom is -0.489 e. The summed E-state index contributed by atoms with van der Waals surface area (Å²) in [5, 5.41) is 3.64. The third-order valence-electron chi connectivity index (χ3n) is 5.72. The first-order valence-electron chi connectivity index (χ1n) is 11.0. The first-order chi connectivity index (χ1) is 16.1. The summed E-state index contributed by atoms with van der Waals surface area (Å²) < 4.78 is 5.85. The number of carbonyl (C=O) groups excluding carboxylic acids is 2. The molecule has 7 heteroatoms. The van der Waals surface area contributed by atoms with Gasteiger partial charge in [0.25, 0.3) is 5.91 Å². The molecular weight excluding hydrogens is 438 g/mol. The summed E-state index contributed by atoms with van der Waals surface area (Å²) >= 11 is 6.02. The molecule has 0 bridgehead atoms. The van der Waals surface area contributed by atoms with Gasteiger partial charge in [0.2, 0.25) is 5.91 Å². The minimum atomic E-state index is -0.0851. The van der Waals surface area contributed by atoms with Gasteiger partial charge in [0.1, 0.15) is 12.4 Å². The van der Waals surface area contributed by atoms with Crippen LogP contribution in [0.15, 0.2) is 73.1 Å². The Bertz CT molecular complexity index is 1100. The van der Waals surface area contributed by atoms with Crippen LogP contribution in [0.5, 0.6) is 5.75 Å². The largest absolute Gasteiger partial charge is 0.489 e. The van der Waals surface area contributed by atoms with Gasteiger partial charge in [-0.25, -0.2) is 0 Å². The van der Waals surface area contributed by atoms with Gasteiger partial charge in [0, 0.05) is 48.5 Å². The van der Waals surface area contributed by atoms with Crippen LogP contribution < -0.4 is 10.1 Å². The van der Waals surface area contributed by atoms with Gasteiger partial charge in [-0.1, -0.05) is 35.9 Å². The molecule has 0 unspecified atom stereocenters. The smallest absolute Gasteiger partial charge is 0.253 e. The molecule has 2 heterocycles. The van der Waals surface area contributed by atoms with Crippen molar-refractivity contribution in [3.63, 3.8) is 0 Å². The summed E-state index contributed by atoms with van der Waals surface area (Å²) in [7, 11) is 0. The molecule has 1 aliphatic heterocycles. The second-order valence-electron chi connectivity index (χ2n) is 8.09. The van der Waals surface area contributed by atoms with Crippen LogP contribution in [0.1, 0.15) is 34.3 Å². The lowest BCUT2D eigenvalue weighted by Crippen LogP contribution is -2.42. The summed E-state index contributed by atoms with van der Waals surface area (Å²) in [6, 6.07) is 18.5. The maximum atomic E-state index is 13.0. The topological polar surface area (TPSA) is 71.5 Å². The van der Waals surface area contributed by atoms with Crippen molar-refractivity contribution >= 4 is 23.4 Å². The summed E-state index contributed by atoms with van der Waals surface area (Å²) in [5.74, 6) is 0.531. The highest BCUT2D eigenvalue weighted by Gasteiger charge is 2.27. The predicted octanol–water partition coefficient (Wildman–Crippen LogP) is 4.48. The predicted molar refractivity (Wildman–Crippen MR) is 127 cm³/mol. The van der Waals surface area contributed by atoms with E-state index in [0.29, 0.717) is 55.4 Å². The van der Waals surface area contributed by atoms with Crippen LogP contribution in [0.4, 0.5) is 0 Å². The molecule has 0 saturated carbocycles. The van der Waals surface area contributed by atoms with Crippen LogP contribution in [0.25, 0.3) is 0 Å². The van der Waals surface area contributed by atoms with Crippen molar-refractivity contribution in [2.75, 3.05) is 13.1 Å². The first-order valence-corrected chi connectivity index (χ1v) is 11.4. The van der Waals surface area contributed by atoms with Crippen LogP contribution in [-0.4, -0.2) is 34.8 Å². The number of hydrogen-bond acceptors (Lipinski definition) is 4. The quantitative estimate of drug-likeness (QED) is 0.560. The van der Waals surface area contributed by atoms with Gasteiger partial charge in [-0.2, -0.15) is 0 Å². The maximum Gasteiger partial charge on any atom is 0.253 e. The number of likely N-dealkylation sites (tertiary alicyclic amines) is 1. The zero-order valence-electron chi connectivity index (χ0n) is 18.2. The molecule has 2 aromatic carbocycles. The molecule has 2 amide bonds. The minimum absolute atomic E-state index is 0.0300. The number of benzene rings is 2. The maximum absolute atomic E-state index is 13.0.